The molecule has 4 heteroatoms. The Bertz CT molecular complexity index is 3250. The molecular weight excluding hydrogens is 681 g/mol. The van der Waals surface area contributed by atoms with Crippen LogP contribution in [0.1, 0.15) is 0 Å². The molecule has 2 aromatic heterocycles. The Morgan fingerprint density at radius 2 is 0.696 bits per heavy atom. The lowest BCUT2D eigenvalue weighted by Crippen LogP contribution is -2.02. The molecule has 0 atom stereocenters. The van der Waals surface area contributed by atoms with E-state index in [-0.39, 0.29) is 0 Å². The first-order valence-corrected chi connectivity index (χ1v) is 18.9. The second kappa shape index (κ2) is 13.1. The second-order valence-corrected chi connectivity index (χ2v) is 14.2. The van der Waals surface area contributed by atoms with Crippen molar-refractivity contribution in [1.82, 2.24) is 19.9 Å². The zero-order chi connectivity index (χ0) is 37.0. The molecule has 0 amide bonds. The number of hydrogen-bond donors (Lipinski definition) is 0. The largest absolute Gasteiger partial charge is 0.256 e. The van der Waals surface area contributed by atoms with Crippen LogP contribution in [0.15, 0.2) is 194 Å². The number of pyridine rings is 1. The first-order chi connectivity index (χ1) is 27.8. The van der Waals surface area contributed by atoms with Crippen LogP contribution in [0.4, 0.5) is 0 Å². The molecule has 0 bridgehead atoms. The lowest BCUT2D eigenvalue weighted by Gasteiger charge is -2.18. The topological polar surface area (TPSA) is 51.6 Å². The maximum atomic E-state index is 5.39. The zero-order valence-corrected chi connectivity index (χ0v) is 30.3. The first-order valence-electron chi connectivity index (χ1n) is 18.9. The summed E-state index contributed by atoms with van der Waals surface area (Å²) in [6.45, 7) is 0. The molecule has 0 unspecified atom stereocenters. The summed E-state index contributed by atoms with van der Waals surface area (Å²) in [6.07, 6.45) is 1.87. The zero-order valence-electron chi connectivity index (χ0n) is 30.3. The van der Waals surface area contributed by atoms with Crippen molar-refractivity contribution in [2.24, 2.45) is 0 Å². The normalized spacial score (nSPS) is 11.6. The molecule has 0 saturated carbocycles. The van der Waals surface area contributed by atoms with Gasteiger partial charge >= 0.3 is 0 Å². The molecule has 0 aliphatic rings. The highest BCUT2D eigenvalue weighted by atomic mass is 15.0. The number of hydrogen-bond acceptors (Lipinski definition) is 4. The molecule has 11 aromatic rings. The minimum Gasteiger partial charge on any atom is -0.256 e. The summed E-state index contributed by atoms with van der Waals surface area (Å²) in [5, 5.41) is 11.6. The van der Waals surface area contributed by atoms with Crippen LogP contribution in [0.2, 0.25) is 0 Å². The molecule has 4 nitrogen and oxygen atoms in total. The Morgan fingerprint density at radius 3 is 1.34 bits per heavy atom. The van der Waals surface area contributed by atoms with Crippen LogP contribution >= 0.6 is 0 Å². The van der Waals surface area contributed by atoms with E-state index in [1.54, 1.807) is 0 Å². The van der Waals surface area contributed by atoms with Crippen molar-refractivity contribution >= 4 is 53.9 Å². The van der Waals surface area contributed by atoms with Crippen LogP contribution in [-0.4, -0.2) is 19.9 Å². The van der Waals surface area contributed by atoms with Gasteiger partial charge in [-0.15, -0.1) is 0 Å². The van der Waals surface area contributed by atoms with E-state index in [1.165, 1.54) is 32.3 Å². The molecule has 0 fully saturated rings. The fourth-order valence-corrected chi connectivity index (χ4v) is 8.40. The van der Waals surface area contributed by atoms with Crippen molar-refractivity contribution in [3.63, 3.8) is 0 Å². The molecule has 0 saturated heterocycles. The predicted octanol–water partition coefficient (Wildman–Crippen LogP) is 13.4. The molecular formula is C52H32N4. The molecule has 2 heterocycles. The average Bonchev–Trinajstić information content (AvgIpc) is 3.28. The van der Waals surface area contributed by atoms with E-state index >= 15 is 0 Å². The van der Waals surface area contributed by atoms with E-state index in [1.807, 2.05) is 30.5 Å². The van der Waals surface area contributed by atoms with E-state index in [0.29, 0.717) is 17.5 Å². The van der Waals surface area contributed by atoms with Crippen molar-refractivity contribution in [2.45, 2.75) is 0 Å². The van der Waals surface area contributed by atoms with Gasteiger partial charge in [0.05, 0.1) is 5.69 Å². The van der Waals surface area contributed by atoms with Crippen LogP contribution in [0.3, 0.4) is 0 Å². The second-order valence-electron chi connectivity index (χ2n) is 14.2. The van der Waals surface area contributed by atoms with Crippen molar-refractivity contribution < 1.29 is 0 Å². The molecule has 0 N–H and O–H groups in total. The summed E-state index contributed by atoms with van der Waals surface area (Å²) in [5.41, 5.74) is 7.12. The highest BCUT2D eigenvalue weighted by Gasteiger charge is 2.22. The van der Waals surface area contributed by atoms with E-state index in [9.17, 15) is 0 Å². The van der Waals surface area contributed by atoms with Gasteiger partial charge in [0, 0.05) is 28.5 Å². The van der Waals surface area contributed by atoms with E-state index in [2.05, 4.69) is 164 Å². The molecule has 0 spiro atoms. The van der Waals surface area contributed by atoms with Crippen molar-refractivity contribution in [3.8, 4) is 56.5 Å². The maximum absolute atomic E-state index is 5.39. The van der Waals surface area contributed by atoms with Gasteiger partial charge in [-0.05, 0) is 89.3 Å². The van der Waals surface area contributed by atoms with Crippen LogP contribution < -0.4 is 0 Å². The number of nitrogens with zero attached hydrogens (tertiary/aromatic N) is 4. The van der Waals surface area contributed by atoms with Crippen molar-refractivity contribution in [3.05, 3.63) is 194 Å². The Hall–Kier alpha value is -7.56. The van der Waals surface area contributed by atoms with Gasteiger partial charge in [-0.3, -0.25) is 4.98 Å². The van der Waals surface area contributed by atoms with Crippen LogP contribution in [0.5, 0.6) is 0 Å². The highest BCUT2D eigenvalue weighted by molar-refractivity contribution is 6.26. The van der Waals surface area contributed by atoms with Crippen LogP contribution in [0.25, 0.3) is 110 Å². The van der Waals surface area contributed by atoms with E-state index in [4.69, 9.17) is 19.9 Å². The Morgan fingerprint density at radius 1 is 0.250 bits per heavy atom. The third kappa shape index (κ3) is 5.23. The summed E-state index contributed by atoms with van der Waals surface area (Å²) in [5.74, 6) is 1.87. The van der Waals surface area contributed by atoms with E-state index < -0.39 is 0 Å². The van der Waals surface area contributed by atoms with Crippen LogP contribution in [-0.2, 0) is 0 Å². The van der Waals surface area contributed by atoms with Gasteiger partial charge in [0.25, 0.3) is 0 Å². The Labute approximate surface area is 323 Å². The first kappa shape index (κ1) is 31.9. The standard InChI is InChI=1S/C52H32N4/c1-3-15-33(16-4-1)35-26-29-44-46(31-35)48(47-25-13-14-30-53-47)42-23-11-12-24-43(42)49(44)52-55-50(34-17-5-2-6-18-34)54-51(56-52)36-27-28-41-39-21-8-7-19-37(39)38-20-9-10-22-40(38)45(41)32-36/h1-32H. The Kier molecular flexibility index (Phi) is 7.46. The molecule has 260 valence electrons. The van der Waals surface area contributed by atoms with Gasteiger partial charge in [-0.2, -0.15) is 0 Å². The lowest BCUT2D eigenvalue weighted by molar-refractivity contribution is 1.08. The van der Waals surface area contributed by atoms with Gasteiger partial charge < -0.3 is 0 Å². The fourth-order valence-electron chi connectivity index (χ4n) is 8.40. The molecule has 11 rings (SSSR count). The number of aromatic nitrogens is 4. The number of rotatable bonds is 5. The molecule has 0 aliphatic heterocycles. The number of benzene rings is 9. The van der Waals surface area contributed by atoms with Gasteiger partial charge in [-0.1, -0.05) is 164 Å². The summed E-state index contributed by atoms with van der Waals surface area (Å²) >= 11 is 0. The van der Waals surface area contributed by atoms with E-state index in [0.717, 1.165) is 60.6 Å². The fraction of sp³-hybridized carbons (Fsp3) is 0. The molecule has 56 heavy (non-hydrogen) atoms. The minimum atomic E-state index is 0.624. The summed E-state index contributed by atoms with van der Waals surface area (Å²) in [6, 6.07) is 66.1. The van der Waals surface area contributed by atoms with Gasteiger partial charge in [0.15, 0.2) is 17.5 Å². The lowest BCUT2D eigenvalue weighted by atomic mass is 9.88. The smallest absolute Gasteiger partial charge is 0.165 e. The van der Waals surface area contributed by atoms with Gasteiger partial charge in [0.1, 0.15) is 0 Å². The highest BCUT2D eigenvalue weighted by Crippen LogP contribution is 2.44. The third-order valence-corrected chi connectivity index (χ3v) is 10.9. The van der Waals surface area contributed by atoms with Crippen LogP contribution in [0, 0.1) is 0 Å². The van der Waals surface area contributed by atoms with Gasteiger partial charge in [0.2, 0.25) is 0 Å². The number of fused-ring (bicyclic) bond motifs is 8. The monoisotopic (exact) mass is 712 g/mol. The summed E-state index contributed by atoms with van der Waals surface area (Å²) in [7, 11) is 0. The third-order valence-electron chi connectivity index (χ3n) is 10.9. The Balaban J connectivity index is 1.22. The predicted molar refractivity (Wildman–Crippen MR) is 232 cm³/mol. The molecule has 0 aliphatic carbocycles. The summed E-state index contributed by atoms with van der Waals surface area (Å²) < 4.78 is 0. The molecule has 0 radical (unpaired) electrons. The summed E-state index contributed by atoms with van der Waals surface area (Å²) in [4.78, 5) is 20.8. The minimum absolute atomic E-state index is 0.624. The quantitative estimate of drug-likeness (QED) is 0.132. The van der Waals surface area contributed by atoms with Crippen molar-refractivity contribution in [2.75, 3.05) is 0 Å². The van der Waals surface area contributed by atoms with Crippen molar-refractivity contribution in [1.29, 1.82) is 0 Å². The van der Waals surface area contributed by atoms with Gasteiger partial charge in [-0.25, -0.2) is 15.0 Å². The molecule has 9 aromatic carbocycles. The average molecular weight is 713 g/mol. The SMILES string of the molecule is c1ccc(-c2ccc3c(-c4nc(-c5ccccc5)nc(-c5ccc6c7ccccc7c7ccccc7c6c5)n4)c4ccccc4c(-c4ccccn4)c3c2)cc1. The maximum Gasteiger partial charge on any atom is 0.165 e.